The molecule has 62 valence electrons. The summed E-state index contributed by atoms with van der Waals surface area (Å²) in [5.41, 5.74) is 8.31. The Morgan fingerprint density at radius 2 is 2.25 bits per heavy atom. The molecule has 12 heavy (non-hydrogen) atoms. The monoisotopic (exact) mass is 225 g/mol. The van der Waals surface area contributed by atoms with Gasteiger partial charge in [-0.15, -0.1) is 0 Å². The number of hydrogen-bond donors (Lipinski definition) is 1. The number of halogens is 1. The number of nitrogen functional groups attached to an aromatic ring is 1. The van der Waals surface area contributed by atoms with Crippen molar-refractivity contribution in [3.63, 3.8) is 0 Å². The zero-order valence-electron chi connectivity index (χ0n) is 6.37. The molecular formula is C8H8BrN3. The second-order valence-electron chi connectivity index (χ2n) is 2.59. The minimum Gasteiger partial charge on any atom is -0.398 e. The second kappa shape index (κ2) is 2.79. The molecule has 2 aromatic rings. The molecule has 0 fully saturated rings. The fourth-order valence-electron chi connectivity index (χ4n) is 1.13. The zero-order valence-corrected chi connectivity index (χ0v) is 7.95. The molecule has 0 aromatic carbocycles. The summed E-state index contributed by atoms with van der Waals surface area (Å²) in [4.78, 5) is 4.33. The number of pyridine rings is 1. The van der Waals surface area contributed by atoms with Crippen molar-refractivity contribution in [2.24, 2.45) is 0 Å². The van der Waals surface area contributed by atoms with Crippen LogP contribution < -0.4 is 5.73 Å². The molecular weight excluding hydrogens is 218 g/mol. The lowest BCUT2D eigenvalue weighted by Gasteiger charge is -1.93. The summed E-state index contributed by atoms with van der Waals surface area (Å²) >= 11 is 3.35. The van der Waals surface area contributed by atoms with Gasteiger partial charge in [0.15, 0.2) is 0 Å². The molecule has 0 unspecified atom stereocenters. The van der Waals surface area contributed by atoms with Crippen molar-refractivity contribution in [1.82, 2.24) is 9.38 Å². The zero-order chi connectivity index (χ0) is 8.55. The van der Waals surface area contributed by atoms with Crippen LogP contribution in [0.25, 0.3) is 5.65 Å². The Morgan fingerprint density at radius 3 is 3.00 bits per heavy atom. The van der Waals surface area contributed by atoms with E-state index in [4.69, 9.17) is 5.73 Å². The fraction of sp³-hybridized carbons (Fsp3) is 0.125. The Hall–Kier alpha value is -1.03. The Bertz CT molecular complexity index is 408. The van der Waals surface area contributed by atoms with Gasteiger partial charge in [0, 0.05) is 23.4 Å². The smallest absolute Gasteiger partial charge is 0.137 e. The van der Waals surface area contributed by atoms with E-state index in [-0.39, 0.29) is 0 Å². The number of hydrogen-bond acceptors (Lipinski definition) is 2. The minimum absolute atomic E-state index is 0.751. The predicted octanol–water partition coefficient (Wildman–Crippen LogP) is 1.81. The van der Waals surface area contributed by atoms with E-state index in [1.165, 1.54) is 0 Å². The Morgan fingerprint density at radius 1 is 1.42 bits per heavy atom. The van der Waals surface area contributed by atoms with Gasteiger partial charge in [0.25, 0.3) is 0 Å². The van der Waals surface area contributed by atoms with E-state index in [1.54, 1.807) is 0 Å². The first kappa shape index (κ1) is 7.61. The van der Waals surface area contributed by atoms with Crippen molar-refractivity contribution in [3.05, 3.63) is 30.2 Å². The molecule has 0 aliphatic rings. The van der Waals surface area contributed by atoms with Gasteiger partial charge < -0.3 is 10.1 Å². The molecule has 4 heteroatoms. The third-order valence-corrected chi connectivity index (χ3v) is 2.24. The number of alkyl halides is 1. The van der Waals surface area contributed by atoms with Crippen LogP contribution in [0.4, 0.5) is 5.69 Å². The maximum absolute atomic E-state index is 5.61. The maximum Gasteiger partial charge on any atom is 0.137 e. The van der Waals surface area contributed by atoms with Gasteiger partial charge in [-0.1, -0.05) is 15.9 Å². The van der Waals surface area contributed by atoms with E-state index < -0.39 is 0 Å². The molecule has 2 aromatic heterocycles. The largest absolute Gasteiger partial charge is 0.398 e. The predicted molar refractivity (Wildman–Crippen MR) is 52.2 cm³/mol. The molecule has 0 spiro atoms. The highest BCUT2D eigenvalue weighted by Crippen LogP contribution is 2.10. The Balaban J connectivity index is 2.67. The van der Waals surface area contributed by atoms with Crippen LogP contribution in [0.5, 0.6) is 0 Å². The van der Waals surface area contributed by atoms with Crippen LogP contribution in [0, 0.1) is 0 Å². The molecule has 0 aliphatic carbocycles. The number of nitrogens with two attached hydrogens (primary N) is 1. The molecule has 0 aliphatic heterocycles. The molecule has 0 atom stereocenters. The number of imidazole rings is 1. The van der Waals surface area contributed by atoms with Crippen LogP contribution in [0.15, 0.2) is 24.5 Å². The first-order chi connectivity index (χ1) is 5.79. The number of nitrogens with zero attached hydrogens (tertiary/aromatic N) is 2. The minimum atomic E-state index is 0.751. The fourth-order valence-corrected chi connectivity index (χ4v) is 1.40. The maximum atomic E-state index is 5.61. The van der Waals surface area contributed by atoms with Crippen molar-refractivity contribution >= 4 is 27.3 Å². The Kier molecular flexibility index (Phi) is 1.77. The lowest BCUT2D eigenvalue weighted by atomic mass is 10.4. The third-order valence-electron chi connectivity index (χ3n) is 1.66. The quantitative estimate of drug-likeness (QED) is 0.753. The number of rotatable bonds is 1. The van der Waals surface area contributed by atoms with Gasteiger partial charge in [0.05, 0.1) is 5.69 Å². The lowest BCUT2D eigenvalue weighted by Crippen LogP contribution is -1.88. The van der Waals surface area contributed by atoms with Gasteiger partial charge >= 0.3 is 0 Å². The van der Waals surface area contributed by atoms with Crippen molar-refractivity contribution in [3.8, 4) is 0 Å². The summed E-state index contributed by atoms with van der Waals surface area (Å²) in [5.74, 6) is 0. The normalized spacial score (nSPS) is 10.8. The van der Waals surface area contributed by atoms with E-state index in [0.717, 1.165) is 22.4 Å². The highest BCUT2D eigenvalue weighted by atomic mass is 79.9. The van der Waals surface area contributed by atoms with Crippen LogP contribution in [-0.2, 0) is 5.33 Å². The van der Waals surface area contributed by atoms with E-state index >= 15 is 0 Å². The summed E-state index contributed by atoms with van der Waals surface area (Å²) in [7, 11) is 0. The molecule has 3 nitrogen and oxygen atoms in total. The van der Waals surface area contributed by atoms with E-state index in [9.17, 15) is 0 Å². The average Bonchev–Trinajstić information content (AvgIpc) is 2.46. The van der Waals surface area contributed by atoms with E-state index in [1.807, 2.05) is 28.9 Å². The lowest BCUT2D eigenvalue weighted by molar-refractivity contribution is 1.19. The van der Waals surface area contributed by atoms with Crippen molar-refractivity contribution in [2.75, 3.05) is 5.73 Å². The topological polar surface area (TPSA) is 43.3 Å². The van der Waals surface area contributed by atoms with Gasteiger partial charge in [-0.3, -0.25) is 0 Å². The van der Waals surface area contributed by atoms with Gasteiger partial charge in [0.1, 0.15) is 5.65 Å². The highest BCUT2D eigenvalue weighted by Gasteiger charge is 1.98. The Labute approximate surface area is 78.3 Å². The molecule has 0 bridgehead atoms. The SMILES string of the molecule is Nc1ccc2nc(CBr)cn2c1. The van der Waals surface area contributed by atoms with Crippen LogP contribution in [0.1, 0.15) is 5.69 Å². The summed E-state index contributed by atoms with van der Waals surface area (Å²) in [6, 6.07) is 3.75. The van der Waals surface area contributed by atoms with Crippen LogP contribution in [-0.4, -0.2) is 9.38 Å². The van der Waals surface area contributed by atoms with Crippen LogP contribution in [0.2, 0.25) is 0 Å². The number of fused-ring (bicyclic) bond motifs is 1. The number of aromatic nitrogens is 2. The summed E-state index contributed by atoms with van der Waals surface area (Å²) in [5, 5.41) is 0.772. The van der Waals surface area contributed by atoms with Gasteiger partial charge in [0.2, 0.25) is 0 Å². The molecule has 2 rings (SSSR count). The summed E-state index contributed by atoms with van der Waals surface area (Å²) in [6.45, 7) is 0. The molecule has 0 saturated heterocycles. The van der Waals surface area contributed by atoms with Crippen molar-refractivity contribution < 1.29 is 0 Å². The third kappa shape index (κ3) is 1.18. The van der Waals surface area contributed by atoms with Gasteiger partial charge in [-0.05, 0) is 12.1 Å². The van der Waals surface area contributed by atoms with Crippen molar-refractivity contribution in [1.29, 1.82) is 0 Å². The summed E-state index contributed by atoms with van der Waals surface area (Å²) < 4.78 is 1.92. The molecule has 0 radical (unpaired) electrons. The molecule has 2 N–H and O–H groups in total. The first-order valence-corrected chi connectivity index (χ1v) is 4.71. The molecule has 0 amide bonds. The highest BCUT2D eigenvalue weighted by molar-refractivity contribution is 9.08. The van der Waals surface area contributed by atoms with E-state index in [2.05, 4.69) is 20.9 Å². The summed E-state index contributed by atoms with van der Waals surface area (Å²) in [6.07, 6.45) is 3.81. The molecule has 2 heterocycles. The standard InChI is InChI=1S/C8H8BrN3/c9-3-7-5-12-4-6(10)1-2-8(12)11-7/h1-2,4-5H,3,10H2. The van der Waals surface area contributed by atoms with Crippen LogP contribution in [0.3, 0.4) is 0 Å². The van der Waals surface area contributed by atoms with Gasteiger partial charge in [-0.25, -0.2) is 4.98 Å². The van der Waals surface area contributed by atoms with E-state index in [0.29, 0.717) is 0 Å². The van der Waals surface area contributed by atoms with Gasteiger partial charge in [-0.2, -0.15) is 0 Å². The molecule has 0 saturated carbocycles. The van der Waals surface area contributed by atoms with Crippen LogP contribution >= 0.6 is 15.9 Å². The average molecular weight is 226 g/mol. The number of anilines is 1. The first-order valence-electron chi connectivity index (χ1n) is 3.58. The second-order valence-corrected chi connectivity index (χ2v) is 3.15. The van der Waals surface area contributed by atoms with Crippen molar-refractivity contribution in [2.45, 2.75) is 5.33 Å².